The lowest BCUT2D eigenvalue weighted by atomic mass is 10.1. The first-order chi connectivity index (χ1) is 13.7. The van der Waals surface area contributed by atoms with Crippen molar-refractivity contribution in [1.82, 2.24) is 14.8 Å². The highest BCUT2D eigenvalue weighted by atomic mass is 32.2. The van der Waals surface area contributed by atoms with Crippen molar-refractivity contribution in [2.75, 3.05) is 26.1 Å². The third-order valence-corrected chi connectivity index (χ3v) is 5.19. The number of carbonyl (C=O) groups is 1. The Labute approximate surface area is 166 Å². The maximum absolute atomic E-state index is 12.7. The van der Waals surface area contributed by atoms with Gasteiger partial charge in [-0.1, -0.05) is 17.8 Å². The van der Waals surface area contributed by atoms with E-state index < -0.39 is 0 Å². The molecular formula is C20H19N3O4S. The van der Waals surface area contributed by atoms with Crippen molar-refractivity contribution in [3.8, 4) is 22.9 Å². The minimum absolute atomic E-state index is 0.0131. The average molecular weight is 397 g/mol. The number of thioether (sulfide) groups is 1. The molecule has 1 aromatic heterocycles. The fraction of sp³-hybridized carbons (Fsp3) is 0.250. The van der Waals surface area contributed by atoms with Crippen LogP contribution < -0.4 is 14.2 Å². The van der Waals surface area contributed by atoms with Gasteiger partial charge in [0.1, 0.15) is 12.1 Å². The summed E-state index contributed by atoms with van der Waals surface area (Å²) >= 11 is 1.33. The maximum Gasteiger partial charge on any atom is 0.196 e. The highest BCUT2D eigenvalue weighted by molar-refractivity contribution is 7.99. The van der Waals surface area contributed by atoms with E-state index in [1.807, 2.05) is 28.8 Å². The molecule has 3 aromatic rings. The average Bonchev–Trinajstić information content (AvgIpc) is 3.08. The maximum atomic E-state index is 12.7. The van der Waals surface area contributed by atoms with Gasteiger partial charge in [-0.05, 0) is 30.3 Å². The van der Waals surface area contributed by atoms with E-state index in [1.54, 1.807) is 31.6 Å². The molecule has 0 radical (unpaired) electrons. The number of rotatable bonds is 6. The Morgan fingerprint density at radius 1 is 1.18 bits per heavy atom. The molecule has 1 aliphatic heterocycles. The molecule has 0 amide bonds. The Hall–Kier alpha value is -3.00. The number of carbonyl (C=O) groups excluding carboxylic acids is 1. The van der Waals surface area contributed by atoms with E-state index >= 15 is 0 Å². The molecular weight excluding hydrogens is 378 g/mol. The Kier molecular flexibility index (Phi) is 5.48. The normalized spacial score (nSPS) is 13.0. The van der Waals surface area contributed by atoms with Crippen LogP contribution in [0.1, 0.15) is 16.8 Å². The summed E-state index contributed by atoms with van der Waals surface area (Å²) in [4.78, 5) is 12.7. The molecule has 144 valence electrons. The second-order valence-electron chi connectivity index (χ2n) is 6.11. The van der Waals surface area contributed by atoms with E-state index in [0.29, 0.717) is 35.4 Å². The summed E-state index contributed by atoms with van der Waals surface area (Å²) in [5, 5.41) is 8.75. The van der Waals surface area contributed by atoms with Crippen LogP contribution in [0.5, 0.6) is 17.2 Å². The summed E-state index contributed by atoms with van der Waals surface area (Å²) in [6.07, 6.45) is 2.45. The van der Waals surface area contributed by atoms with Crippen molar-refractivity contribution in [2.45, 2.75) is 11.6 Å². The van der Waals surface area contributed by atoms with Crippen LogP contribution >= 0.6 is 11.8 Å². The number of benzene rings is 2. The Bertz CT molecular complexity index is 989. The van der Waals surface area contributed by atoms with Crippen molar-refractivity contribution in [2.24, 2.45) is 0 Å². The van der Waals surface area contributed by atoms with Gasteiger partial charge in [0.2, 0.25) is 0 Å². The molecule has 4 rings (SSSR count). The SMILES string of the molecule is COc1cccc(-n2cnnc2SCC(=O)c2ccc3c(c2)OCCCO3)c1. The summed E-state index contributed by atoms with van der Waals surface area (Å²) in [6, 6.07) is 12.9. The van der Waals surface area contributed by atoms with E-state index in [4.69, 9.17) is 14.2 Å². The van der Waals surface area contributed by atoms with Crippen LogP contribution in [0.4, 0.5) is 0 Å². The number of nitrogens with zero attached hydrogens (tertiary/aromatic N) is 3. The molecule has 1 aliphatic rings. The Morgan fingerprint density at radius 3 is 2.89 bits per heavy atom. The molecule has 0 bridgehead atoms. The first-order valence-corrected chi connectivity index (χ1v) is 9.83. The van der Waals surface area contributed by atoms with Gasteiger partial charge in [0.25, 0.3) is 0 Å². The van der Waals surface area contributed by atoms with Gasteiger partial charge in [-0.15, -0.1) is 10.2 Å². The monoisotopic (exact) mass is 397 g/mol. The van der Waals surface area contributed by atoms with E-state index in [9.17, 15) is 4.79 Å². The number of fused-ring (bicyclic) bond motifs is 1. The van der Waals surface area contributed by atoms with Gasteiger partial charge in [-0.2, -0.15) is 0 Å². The summed E-state index contributed by atoms with van der Waals surface area (Å²) in [6.45, 7) is 1.21. The van der Waals surface area contributed by atoms with Crippen molar-refractivity contribution in [1.29, 1.82) is 0 Å². The second-order valence-corrected chi connectivity index (χ2v) is 7.05. The second kappa shape index (κ2) is 8.35. The van der Waals surface area contributed by atoms with Gasteiger partial charge in [0, 0.05) is 18.1 Å². The summed E-state index contributed by atoms with van der Waals surface area (Å²) in [5.41, 5.74) is 1.46. The number of hydrogen-bond acceptors (Lipinski definition) is 7. The lowest BCUT2D eigenvalue weighted by molar-refractivity contribution is 0.102. The Morgan fingerprint density at radius 2 is 2.04 bits per heavy atom. The summed E-state index contributed by atoms with van der Waals surface area (Å²) in [7, 11) is 1.62. The molecule has 0 spiro atoms. The standard InChI is InChI=1S/C20H19N3O4S/c1-25-16-5-2-4-15(11-16)23-13-21-22-20(23)28-12-17(24)14-6-7-18-19(10-14)27-9-3-8-26-18/h2,4-7,10-11,13H,3,8-9,12H2,1H3. The quantitative estimate of drug-likeness (QED) is 0.466. The number of aromatic nitrogens is 3. The van der Waals surface area contributed by atoms with Crippen LogP contribution in [0, 0.1) is 0 Å². The van der Waals surface area contributed by atoms with Gasteiger partial charge in [-0.25, -0.2) is 0 Å². The van der Waals surface area contributed by atoms with E-state index in [-0.39, 0.29) is 11.5 Å². The largest absolute Gasteiger partial charge is 0.497 e. The lowest BCUT2D eigenvalue weighted by Gasteiger charge is -2.09. The van der Waals surface area contributed by atoms with Crippen molar-refractivity contribution in [3.05, 3.63) is 54.4 Å². The summed E-state index contributed by atoms with van der Waals surface area (Å²) in [5.74, 6) is 2.26. The van der Waals surface area contributed by atoms with Crippen molar-refractivity contribution in [3.63, 3.8) is 0 Å². The van der Waals surface area contributed by atoms with E-state index in [1.165, 1.54) is 11.8 Å². The third-order valence-electron chi connectivity index (χ3n) is 4.25. The van der Waals surface area contributed by atoms with Gasteiger partial charge in [-0.3, -0.25) is 9.36 Å². The van der Waals surface area contributed by atoms with Crippen LogP contribution in [0.2, 0.25) is 0 Å². The molecule has 8 heteroatoms. The zero-order valence-corrected chi connectivity index (χ0v) is 16.1. The molecule has 2 aromatic carbocycles. The highest BCUT2D eigenvalue weighted by Crippen LogP contribution is 2.31. The number of Topliss-reactive ketones (excluding diaryl/α,β-unsaturated/α-hetero) is 1. The van der Waals surface area contributed by atoms with E-state index in [2.05, 4.69) is 10.2 Å². The minimum Gasteiger partial charge on any atom is -0.497 e. The number of hydrogen-bond donors (Lipinski definition) is 0. The minimum atomic E-state index is -0.0131. The molecule has 0 saturated carbocycles. The fourth-order valence-corrected chi connectivity index (χ4v) is 3.63. The van der Waals surface area contributed by atoms with Gasteiger partial charge >= 0.3 is 0 Å². The topological polar surface area (TPSA) is 75.5 Å². The molecule has 7 nitrogen and oxygen atoms in total. The van der Waals surface area contributed by atoms with Crippen LogP contribution in [0.15, 0.2) is 53.9 Å². The highest BCUT2D eigenvalue weighted by Gasteiger charge is 2.16. The third kappa shape index (κ3) is 3.96. The van der Waals surface area contributed by atoms with Gasteiger partial charge < -0.3 is 14.2 Å². The number of methoxy groups -OCH3 is 1. The van der Waals surface area contributed by atoms with Crippen LogP contribution in [-0.2, 0) is 0 Å². The van der Waals surface area contributed by atoms with Crippen LogP contribution in [0.25, 0.3) is 5.69 Å². The predicted molar refractivity (Wildman–Crippen MR) is 105 cm³/mol. The molecule has 0 fully saturated rings. The molecule has 0 atom stereocenters. The number of ether oxygens (including phenoxy) is 3. The first-order valence-electron chi connectivity index (χ1n) is 8.85. The zero-order valence-electron chi connectivity index (χ0n) is 15.3. The number of ketones is 1. The zero-order chi connectivity index (χ0) is 19.3. The van der Waals surface area contributed by atoms with Gasteiger partial charge in [0.05, 0.1) is 31.8 Å². The first kappa shape index (κ1) is 18.4. The molecule has 0 saturated heterocycles. The van der Waals surface area contributed by atoms with E-state index in [0.717, 1.165) is 17.9 Å². The fourth-order valence-electron chi connectivity index (χ4n) is 2.81. The molecule has 0 N–H and O–H groups in total. The van der Waals surface area contributed by atoms with Crippen LogP contribution in [0.3, 0.4) is 0 Å². The Balaban J connectivity index is 1.47. The molecule has 2 heterocycles. The summed E-state index contributed by atoms with van der Waals surface area (Å²) < 4.78 is 18.4. The lowest BCUT2D eigenvalue weighted by Crippen LogP contribution is -2.05. The molecule has 0 aliphatic carbocycles. The molecule has 28 heavy (non-hydrogen) atoms. The van der Waals surface area contributed by atoms with Crippen molar-refractivity contribution < 1.29 is 19.0 Å². The molecule has 0 unspecified atom stereocenters. The van der Waals surface area contributed by atoms with Crippen molar-refractivity contribution >= 4 is 17.5 Å². The predicted octanol–water partition coefficient (Wildman–Crippen LogP) is 3.41. The smallest absolute Gasteiger partial charge is 0.196 e. The van der Waals surface area contributed by atoms with Gasteiger partial charge in [0.15, 0.2) is 22.4 Å². The van der Waals surface area contributed by atoms with Crippen LogP contribution in [-0.4, -0.2) is 46.6 Å².